The van der Waals surface area contributed by atoms with Crippen LogP contribution in [0.4, 0.5) is 4.39 Å². The maximum absolute atomic E-state index is 13.3. The number of aryl methyl sites for hydroxylation is 1. The van der Waals surface area contributed by atoms with E-state index in [-0.39, 0.29) is 24.3 Å². The van der Waals surface area contributed by atoms with Gasteiger partial charge >= 0.3 is 0 Å². The number of amides is 1. The van der Waals surface area contributed by atoms with Gasteiger partial charge in [0.05, 0.1) is 5.69 Å². The molecule has 3 aromatic rings. The van der Waals surface area contributed by atoms with E-state index in [9.17, 15) is 9.18 Å². The number of hydrogen-bond donors (Lipinski definition) is 1. The minimum absolute atomic E-state index is 0.0256. The smallest absolute Gasteiger partial charge is 0.242 e. The molecule has 4 heterocycles. The topological polar surface area (TPSA) is 63.1 Å². The van der Waals surface area contributed by atoms with Gasteiger partial charge < -0.3 is 10.2 Å². The SMILES string of the molecule is Cc1nn(CC(=O)NC2CC3CCC(C2)N3C)c2nccc(-c3ccc(F)cc3)c12. The van der Waals surface area contributed by atoms with E-state index in [2.05, 4.69) is 27.3 Å². The second-order valence-electron chi connectivity index (χ2n) is 8.59. The number of piperidine rings is 1. The highest BCUT2D eigenvalue weighted by Crippen LogP contribution is 2.34. The van der Waals surface area contributed by atoms with Crippen LogP contribution in [0, 0.1) is 12.7 Å². The first-order chi connectivity index (χ1) is 14.5. The lowest BCUT2D eigenvalue weighted by atomic mass is 9.98. The monoisotopic (exact) mass is 407 g/mol. The molecule has 2 fully saturated rings. The largest absolute Gasteiger partial charge is 0.352 e. The third-order valence-corrected chi connectivity index (χ3v) is 6.72. The summed E-state index contributed by atoms with van der Waals surface area (Å²) in [4.78, 5) is 19.7. The third kappa shape index (κ3) is 3.37. The van der Waals surface area contributed by atoms with Gasteiger partial charge in [0.15, 0.2) is 5.65 Å². The summed E-state index contributed by atoms with van der Waals surface area (Å²) in [7, 11) is 2.20. The van der Waals surface area contributed by atoms with E-state index in [0.717, 1.165) is 35.0 Å². The van der Waals surface area contributed by atoms with Gasteiger partial charge in [-0.25, -0.2) is 14.1 Å². The maximum Gasteiger partial charge on any atom is 0.242 e. The molecule has 1 N–H and O–H groups in total. The first-order valence-corrected chi connectivity index (χ1v) is 10.6. The molecule has 0 spiro atoms. The quantitative estimate of drug-likeness (QED) is 0.721. The Bertz CT molecular complexity index is 1080. The Hall–Kier alpha value is -2.80. The Balaban J connectivity index is 1.37. The van der Waals surface area contributed by atoms with Crippen molar-refractivity contribution in [3.8, 4) is 11.1 Å². The number of rotatable bonds is 4. The Labute approximate surface area is 175 Å². The summed E-state index contributed by atoms with van der Waals surface area (Å²) in [6.45, 7) is 2.06. The molecular weight excluding hydrogens is 381 g/mol. The van der Waals surface area contributed by atoms with Crippen LogP contribution in [0.15, 0.2) is 36.5 Å². The van der Waals surface area contributed by atoms with Gasteiger partial charge in [-0.1, -0.05) is 12.1 Å². The van der Waals surface area contributed by atoms with Crippen molar-refractivity contribution in [2.24, 2.45) is 0 Å². The van der Waals surface area contributed by atoms with Crippen molar-refractivity contribution in [2.45, 2.75) is 57.3 Å². The summed E-state index contributed by atoms with van der Waals surface area (Å²) in [5.74, 6) is -0.294. The predicted molar refractivity (Wildman–Crippen MR) is 113 cm³/mol. The van der Waals surface area contributed by atoms with E-state index >= 15 is 0 Å². The Morgan fingerprint density at radius 3 is 2.57 bits per heavy atom. The second-order valence-corrected chi connectivity index (χ2v) is 8.59. The van der Waals surface area contributed by atoms with Crippen molar-refractivity contribution in [2.75, 3.05) is 7.05 Å². The fourth-order valence-corrected chi connectivity index (χ4v) is 5.20. The molecule has 2 saturated heterocycles. The Morgan fingerprint density at radius 1 is 1.17 bits per heavy atom. The molecule has 2 aliphatic heterocycles. The molecule has 2 atom stereocenters. The van der Waals surface area contributed by atoms with Crippen LogP contribution < -0.4 is 5.32 Å². The molecule has 6 nitrogen and oxygen atoms in total. The van der Waals surface area contributed by atoms with Gasteiger partial charge in [0.2, 0.25) is 5.91 Å². The number of nitrogens with one attached hydrogen (secondary N) is 1. The van der Waals surface area contributed by atoms with E-state index in [4.69, 9.17) is 0 Å². The average Bonchev–Trinajstić information content (AvgIpc) is 3.13. The molecule has 156 valence electrons. The highest BCUT2D eigenvalue weighted by molar-refractivity contribution is 5.95. The molecule has 30 heavy (non-hydrogen) atoms. The molecule has 0 radical (unpaired) electrons. The Kier molecular flexibility index (Phi) is 4.77. The number of nitrogens with zero attached hydrogens (tertiary/aromatic N) is 4. The van der Waals surface area contributed by atoms with Crippen LogP contribution in [0.3, 0.4) is 0 Å². The van der Waals surface area contributed by atoms with E-state index in [0.29, 0.717) is 17.7 Å². The van der Waals surface area contributed by atoms with Gasteiger partial charge in [-0.3, -0.25) is 4.79 Å². The predicted octanol–water partition coefficient (Wildman–Crippen LogP) is 3.29. The van der Waals surface area contributed by atoms with Crippen molar-refractivity contribution in [1.29, 1.82) is 0 Å². The van der Waals surface area contributed by atoms with Crippen molar-refractivity contribution in [3.05, 3.63) is 48.0 Å². The van der Waals surface area contributed by atoms with Crippen molar-refractivity contribution in [3.63, 3.8) is 0 Å². The number of halogens is 1. The summed E-state index contributed by atoms with van der Waals surface area (Å²) in [6.07, 6.45) is 6.21. The van der Waals surface area contributed by atoms with Crippen LogP contribution >= 0.6 is 0 Å². The van der Waals surface area contributed by atoms with E-state index < -0.39 is 0 Å². The number of fused-ring (bicyclic) bond motifs is 3. The van der Waals surface area contributed by atoms with Gasteiger partial charge in [-0.15, -0.1) is 0 Å². The second kappa shape index (κ2) is 7.47. The van der Waals surface area contributed by atoms with Crippen LogP contribution in [-0.2, 0) is 11.3 Å². The molecule has 2 aliphatic rings. The summed E-state index contributed by atoms with van der Waals surface area (Å²) in [5.41, 5.74) is 3.32. The summed E-state index contributed by atoms with van der Waals surface area (Å²) >= 11 is 0. The molecule has 0 saturated carbocycles. The van der Waals surface area contributed by atoms with E-state index in [1.807, 2.05) is 13.0 Å². The van der Waals surface area contributed by atoms with Gasteiger partial charge in [0.25, 0.3) is 0 Å². The zero-order valence-electron chi connectivity index (χ0n) is 17.3. The first-order valence-electron chi connectivity index (χ1n) is 10.6. The molecule has 1 amide bonds. The number of hydrogen-bond acceptors (Lipinski definition) is 4. The van der Waals surface area contributed by atoms with E-state index in [1.165, 1.54) is 25.0 Å². The maximum atomic E-state index is 13.3. The minimum atomic E-state index is -0.268. The van der Waals surface area contributed by atoms with Crippen LogP contribution in [0.2, 0.25) is 0 Å². The van der Waals surface area contributed by atoms with Gasteiger partial charge in [-0.2, -0.15) is 5.10 Å². The van der Waals surface area contributed by atoms with Crippen molar-refractivity contribution >= 4 is 16.9 Å². The van der Waals surface area contributed by atoms with Crippen LogP contribution in [0.25, 0.3) is 22.2 Å². The lowest BCUT2D eigenvalue weighted by molar-refractivity contribution is -0.123. The number of carbonyl (C=O) groups is 1. The zero-order chi connectivity index (χ0) is 20.8. The third-order valence-electron chi connectivity index (χ3n) is 6.72. The molecule has 7 heteroatoms. The number of aromatic nitrogens is 3. The summed E-state index contributed by atoms with van der Waals surface area (Å²) in [6, 6.07) is 9.71. The van der Waals surface area contributed by atoms with Crippen LogP contribution in [0.1, 0.15) is 31.4 Å². The highest BCUT2D eigenvalue weighted by Gasteiger charge is 2.38. The van der Waals surface area contributed by atoms with Crippen molar-refractivity contribution in [1.82, 2.24) is 25.0 Å². The molecule has 2 aromatic heterocycles. The fraction of sp³-hybridized carbons (Fsp3) is 0.435. The average molecular weight is 407 g/mol. The number of carbonyl (C=O) groups excluding carboxylic acids is 1. The van der Waals surface area contributed by atoms with Crippen LogP contribution in [-0.4, -0.2) is 50.7 Å². The first kappa shape index (κ1) is 19.2. The van der Waals surface area contributed by atoms with Gasteiger partial charge in [0, 0.05) is 29.7 Å². The highest BCUT2D eigenvalue weighted by atomic mass is 19.1. The molecule has 0 aliphatic carbocycles. The van der Waals surface area contributed by atoms with Crippen LogP contribution in [0.5, 0.6) is 0 Å². The molecule has 2 unspecified atom stereocenters. The lowest BCUT2D eigenvalue weighted by Gasteiger charge is -2.36. The standard InChI is InChI=1S/C23H26FN5O/c1-14-22-20(15-3-5-16(24)6-4-15)9-10-25-23(22)29(27-14)13-21(30)26-17-11-18-7-8-19(12-17)28(18)2/h3-6,9-10,17-19H,7-8,11-13H2,1-2H3,(H,26,30). The van der Waals surface area contributed by atoms with Gasteiger partial charge in [0.1, 0.15) is 12.4 Å². The molecule has 1 aromatic carbocycles. The minimum Gasteiger partial charge on any atom is -0.352 e. The summed E-state index contributed by atoms with van der Waals surface area (Å²) in [5, 5.41) is 8.71. The molecule has 5 rings (SSSR count). The fourth-order valence-electron chi connectivity index (χ4n) is 5.20. The van der Waals surface area contributed by atoms with E-state index in [1.54, 1.807) is 23.0 Å². The van der Waals surface area contributed by atoms with Gasteiger partial charge in [-0.05, 0) is 69.0 Å². The molecule has 2 bridgehead atoms. The number of benzene rings is 1. The number of pyridine rings is 1. The normalized spacial score (nSPS) is 23.8. The zero-order valence-corrected chi connectivity index (χ0v) is 17.3. The lowest BCUT2D eigenvalue weighted by Crippen LogP contribution is -2.49. The van der Waals surface area contributed by atoms with Crippen molar-refractivity contribution < 1.29 is 9.18 Å². The Morgan fingerprint density at radius 2 is 1.87 bits per heavy atom. The molecular formula is C23H26FN5O. The summed E-state index contributed by atoms with van der Waals surface area (Å²) < 4.78 is 15.0.